The highest BCUT2D eigenvalue weighted by Gasteiger charge is 2.30. The maximum atomic E-state index is 12.2. The van der Waals surface area contributed by atoms with Crippen LogP contribution in [0, 0.1) is 11.3 Å². The minimum absolute atomic E-state index is 0.199. The van der Waals surface area contributed by atoms with Crippen molar-refractivity contribution in [1.29, 1.82) is 0 Å². The van der Waals surface area contributed by atoms with Gasteiger partial charge in [-0.1, -0.05) is 6.92 Å². The maximum Gasteiger partial charge on any atom is 0.223 e. The number of ether oxygens (including phenoxy) is 1. The molecule has 0 aromatic rings. The Labute approximate surface area is 110 Å². The van der Waals surface area contributed by atoms with Crippen LogP contribution in [0.4, 0.5) is 0 Å². The molecule has 0 bridgehead atoms. The molecule has 2 saturated heterocycles. The van der Waals surface area contributed by atoms with Crippen LogP contribution in [0.15, 0.2) is 0 Å². The molecule has 0 aromatic heterocycles. The van der Waals surface area contributed by atoms with Gasteiger partial charge in [0.1, 0.15) is 0 Å². The van der Waals surface area contributed by atoms with Crippen LogP contribution in [0.2, 0.25) is 0 Å². The number of hydrogen-bond acceptors (Lipinski definition) is 3. The molecule has 1 amide bonds. The molecule has 2 fully saturated rings. The minimum atomic E-state index is 0.199. The summed E-state index contributed by atoms with van der Waals surface area (Å²) in [4.78, 5) is 12.2. The van der Waals surface area contributed by atoms with Crippen molar-refractivity contribution in [3.05, 3.63) is 0 Å². The van der Waals surface area contributed by atoms with Crippen LogP contribution in [-0.2, 0) is 9.53 Å². The lowest BCUT2D eigenvalue weighted by Crippen LogP contribution is -2.45. The number of amides is 1. The van der Waals surface area contributed by atoms with E-state index in [-0.39, 0.29) is 17.2 Å². The van der Waals surface area contributed by atoms with Crippen LogP contribution in [0.5, 0.6) is 0 Å². The molecule has 0 aromatic carbocycles. The predicted molar refractivity (Wildman–Crippen MR) is 71.4 cm³/mol. The van der Waals surface area contributed by atoms with Gasteiger partial charge in [0.2, 0.25) is 5.91 Å². The van der Waals surface area contributed by atoms with Crippen molar-refractivity contribution in [1.82, 2.24) is 10.6 Å². The van der Waals surface area contributed by atoms with Gasteiger partial charge in [-0.2, -0.15) is 0 Å². The second-order valence-electron chi connectivity index (χ2n) is 6.22. The molecule has 2 atom stereocenters. The summed E-state index contributed by atoms with van der Waals surface area (Å²) < 4.78 is 5.38. The zero-order chi connectivity index (χ0) is 13.0. The highest BCUT2D eigenvalue weighted by atomic mass is 16.5. The lowest BCUT2D eigenvalue weighted by Gasteiger charge is -2.34. The highest BCUT2D eigenvalue weighted by Crippen LogP contribution is 2.29. The second-order valence-corrected chi connectivity index (χ2v) is 6.22. The summed E-state index contributed by atoms with van der Waals surface area (Å²) in [6.07, 6.45) is 4.04. The molecule has 2 heterocycles. The monoisotopic (exact) mass is 254 g/mol. The van der Waals surface area contributed by atoms with E-state index < -0.39 is 0 Å². The van der Waals surface area contributed by atoms with Crippen molar-refractivity contribution < 1.29 is 9.53 Å². The van der Waals surface area contributed by atoms with Crippen LogP contribution in [0.3, 0.4) is 0 Å². The van der Waals surface area contributed by atoms with Crippen molar-refractivity contribution >= 4 is 5.91 Å². The van der Waals surface area contributed by atoms with Gasteiger partial charge in [-0.3, -0.25) is 4.79 Å². The summed E-state index contributed by atoms with van der Waals surface area (Å²) in [7, 11) is 0. The molecule has 2 unspecified atom stereocenters. The number of carbonyl (C=O) groups excluding carboxylic acids is 1. The molecule has 2 rings (SSSR count). The topological polar surface area (TPSA) is 50.4 Å². The Bertz CT molecular complexity index is 288. The maximum absolute atomic E-state index is 12.2. The molecule has 2 N–H and O–H groups in total. The van der Waals surface area contributed by atoms with E-state index >= 15 is 0 Å². The smallest absolute Gasteiger partial charge is 0.223 e. The summed E-state index contributed by atoms with van der Waals surface area (Å²) in [5.41, 5.74) is 0.229. The Hall–Kier alpha value is -0.610. The second kappa shape index (κ2) is 6.02. The van der Waals surface area contributed by atoms with E-state index in [2.05, 4.69) is 24.5 Å². The summed E-state index contributed by atoms with van der Waals surface area (Å²) >= 11 is 0. The molecule has 2 aliphatic heterocycles. The SMILES string of the molecule is CC1CC(C(=O)NCC2(C)CCOCC2)CCN1. The zero-order valence-electron chi connectivity index (χ0n) is 11.6. The Kier molecular flexibility index (Phi) is 4.62. The van der Waals surface area contributed by atoms with Crippen LogP contribution in [-0.4, -0.2) is 38.3 Å². The fourth-order valence-corrected chi connectivity index (χ4v) is 2.86. The number of carbonyl (C=O) groups is 1. The lowest BCUT2D eigenvalue weighted by molar-refractivity contribution is -0.126. The molecule has 0 saturated carbocycles. The molecule has 104 valence electrons. The van der Waals surface area contributed by atoms with Gasteiger partial charge in [0.05, 0.1) is 0 Å². The molecular formula is C14H26N2O2. The Balaban J connectivity index is 1.76. The highest BCUT2D eigenvalue weighted by molar-refractivity contribution is 5.78. The van der Waals surface area contributed by atoms with Gasteiger partial charge >= 0.3 is 0 Å². The van der Waals surface area contributed by atoms with E-state index in [1.54, 1.807) is 0 Å². The number of piperidine rings is 1. The normalized spacial score (nSPS) is 31.9. The third-order valence-corrected chi connectivity index (χ3v) is 4.38. The first kappa shape index (κ1) is 13.8. The quantitative estimate of drug-likeness (QED) is 0.798. The van der Waals surface area contributed by atoms with E-state index in [4.69, 9.17) is 4.74 Å². The van der Waals surface area contributed by atoms with E-state index in [1.165, 1.54) is 0 Å². The summed E-state index contributed by atoms with van der Waals surface area (Å²) in [6.45, 7) is 7.82. The van der Waals surface area contributed by atoms with Gasteiger partial charge in [-0.25, -0.2) is 0 Å². The molecular weight excluding hydrogens is 228 g/mol. The summed E-state index contributed by atoms with van der Waals surface area (Å²) in [5, 5.41) is 6.54. The fourth-order valence-electron chi connectivity index (χ4n) is 2.86. The number of hydrogen-bond donors (Lipinski definition) is 2. The Morgan fingerprint density at radius 1 is 1.44 bits per heavy atom. The van der Waals surface area contributed by atoms with Crippen molar-refractivity contribution in [2.75, 3.05) is 26.3 Å². The van der Waals surface area contributed by atoms with Gasteiger partial charge < -0.3 is 15.4 Å². The first-order chi connectivity index (χ1) is 8.59. The molecule has 0 aliphatic carbocycles. The summed E-state index contributed by atoms with van der Waals surface area (Å²) in [5.74, 6) is 0.445. The minimum Gasteiger partial charge on any atom is -0.381 e. The zero-order valence-corrected chi connectivity index (χ0v) is 11.6. The molecule has 18 heavy (non-hydrogen) atoms. The Morgan fingerprint density at radius 3 is 2.83 bits per heavy atom. The van der Waals surface area contributed by atoms with Gasteiger partial charge in [0.15, 0.2) is 0 Å². The number of rotatable bonds is 3. The molecule has 0 radical (unpaired) electrons. The van der Waals surface area contributed by atoms with Crippen LogP contribution in [0.1, 0.15) is 39.5 Å². The van der Waals surface area contributed by atoms with E-state index in [0.717, 1.165) is 52.0 Å². The first-order valence-electron chi connectivity index (χ1n) is 7.18. The van der Waals surface area contributed by atoms with Crippen molar-refractivity contribution in [3.8, 4) is 0 Å². The van der Waals surface area contributed by atoms with Gasteiger partial charge in [-0.15, -0.1) is 0 Å². The van der Waals surface area contributed by atoms with Crippen LogP contribution >= 0.6 is 0 Å². The molecule has 4 heteroatoms. The van der Waals surface area contributed by atoms with E-state index in [1.807, 2.05) is 0 Å². The van der Waals surface area contributed by atoms with Gasteiger partial charge in [0, 0.05) is 31.7 Å². The van der Waals surface area contributed by atoms with Crippen LogP contribution in [0.25, 0.3) is 0 Å². The van der Waals surface area contributed by atoms with Gasteiger partial charge in [-0.05, 0) is 44.6 Å². The average molecular weight is 254 g/mol. The molecule has 0 spiro atoms. The van der Waals surface area contributed by atoms with E-state index in [9.17, 15) is 4.79 Å². The fraction of sp³-hybridized carbons (Fsp3) is 0.929. The van der Waals surface area contributed by atoms with Gasteiger partial charge in [0.25, 0.3) is 0 Å². The Morgan fingerprint density at radius 2 is 2.17 bits per heavy atom. The number of nitrogens with one attached hydrogen (secondary N) is 2. The third-order valence-electron chi connectivity index (χ3n) is 4.38. The van der Waals surface area contributed by atoms with Crippen LogP contribution < -0.4 is 10.6 Å². The predicted octanol–water partition coefficient (Wildman–Crippen LogP) is 1.31. The lowest BCUT2D eigenvalue weighted by atomic mass is 9.82. The van der Waals surface area contributed by atoms with Crippen molar-refractivity contribution in [3.63, 3.8) is 0 Å². The van der Waals surface area contributed by atoms with E-state index in [0.29, 0.717) is 6.04 Å². The first-order valence-corrected chi connectivity index (χ1v) is 7.18. The molecule has 4 nitrogen and oxygen atoms in total. The third kappa shape index (κ3) is 3.69. The summed E-state index contributed by atoms with van der Waals surface area (Å²) in [6, 6.07) is 0.466. The largest absolute Gasteiger partial charge is 0.381 e. The van der Waals surface area contributed by atoms with Crippen molar-refractivity contribution in [2.24, 2.45) is 11.3 Å². The molecule has 2 aliphatic rings. The van der Waals surface area contributed by atoms with Crippen molar-refractivity contribution in [2.45, 2.75) is 45.6 Å². The standard InChI is InChI=1S/C14H26N2O2/c1-11-9-12(3-6-15-11)13(17)16-10-14(2)4-7-18-8-5-14/h11-12,15H,3-10H2,1-2H3,(H,16,17). The average Bonchev–Trinajstić information content (AvgIpc) is 2.37.